The number of allylic oxidation sites excluding steroid dienone is 5. The summed E-state index contributed by atoms with van der Waals surface area (Å²) in [5.41, 5.74) is 5.57. The number of hydrogen-bond acceptors (Lipinski definition) is 8. The molecule has 1 aliphatic rings. The van der Waals surface area contributed by atoms with E-state index in [1.807, 2.05) is 66.7 Å². The van der Waals surface area contributed by atoms with Crippen LogP contribution < -0.4 is 5.43 Å². The number of ketones is 1. The van der Waals surface area contributed by atoms with E-state index in [0.29, 0.717) is 21.2 Å². The number of hydrogen-bond donors (Lipinski definition) is 2. The van der Waals surface area contributed by atoms with E-state index in [1.54, 1.807) is 36.4 Å². The van der Waals surface area contributed by atoms with Crippen LogP contribution in [-0.4, -0.2) is 27.2 Å². The summed E-state index contributed by atoms with van der Waals surface area (Å²) >= 11 is 10.3. The molecular weight excluding hydrogens is 547 g/mol. The predicted octanol–water partition coefficient (Wildman–Crippen LogP) is 4.78. The Hall–Kier alpha value is -3.89. The molecule has 0 bridgehead atoms. The maximum atomic E-state index is 11.4. The van der Waals surface area contributed by atoms with E-state index in [4.69, 9.17) is 25.3 Å². The van der Waals surface area contributed by atoms with Crippen LogP contribution in [0.1, 0.15) is 16.7 Å². The monoisotopic (exact) mass is 569 g/mol. The molecule has 0 atom stereocenters. The second-order valence-corrected chi connectivity index (χ2v) is 7.94. The first-order chi connectivity index (χ1) is 17.5. The molecule has 2 N–H and O–H groups in total. The number of rotatable bonds is 6. The van der Waals surface area contributed by atoms with Crippen molar-refractivity contribution in [1.82, 2.24) is 5.43 Å². The van der Waals surface area contributed by atoms with E-state index in [9.17, 15) is 9.90 Å². The zero-order chi connectivity index (χ0) is 25.6. The van der Waals surface area contributed by atoms with Crippen LogP contribution in [0.5, 0.6) is 5.75 Å². The molecule has 187 valence electrons. The van der Waals surface area contributed by atoms with E-state index >= 15 is 0 Å². The Balaban J connectivity index is 0.000000253. The summed E-state index contributed by atoms with van der Waals surface area (Å²) in [5, 5.41) is 22.2. The molecule has 0 unspecified atom stereocenters. The molecule has 0 saturated heterocycles. The van der Waals surface area contributed by atoms with Gasteiger partial charge in [0.1, 0.15) is 5.75 Å². The molecule has 0 heterocycles. The first kappa shape index (κ1) is 29.3. The number of phenols is 1. The third kappa shape index (κ3) is 9.94. The molecule has 0 aliphatic heterocycles. The summed E-state index contributed by atoms with van der Waals surface area (Å²) in [6.07, 6.45) is 9.73. The summed E-state index contributed by atoms with van der Waals surface area (Å²) < 4.78 is 0. The third-order valence-corrected chi connectivity index (χ3v) is 5.27. The van der Waals surface area contributed by atoms with Gasteiger partial charge in [-0.2, -0.15) is 10.2 Å². The van der Waals surface area contributed by atoms with Crippen LogP contribution >= 0.6 is 0 Å². The quantitative estimate of drug-likeness (QED) is 0.147. The van der Waals surface area contributed by atoms with Crippen molar-refractivity contribution in [3.63, 3.8) is 0 Å². The van der Waals surface area contributed by atoms with Gasteiger partial charge in [-0.1, -0.05) is 95.0 Å². The first-order valence-electron chi connectivity index (χ1n) is 10.8. The summed E-state index contributed by atoms with van der Waals surface area (Å²) in [5.74, 6) is 0.118. The third-order valence-electron chi connectivity index (χ3n) is 4.63. The van der Waals surface area contributed by atoms with Crippen molar-refractivity contribution >= 4 is 47.3 Å². The fraction of sp³-hybridized carbons (Fsp3) is 0. The van der Waals surface area contributed by atoms with Crippen LogP contribution in [0.25, 0.3) is 0 Å². The van der Waals surface area contributed by atoms with Crippen molar-refractivity contribution in [2.75, 3.05) is 0 Å². The number of carbonyl (C=O) groups excluding carboxylic acids is 1. The van der Waals surface area contributed by atoms with Crippen molar-refractivity contribution in [1.29, 1.82) is 0 Å². The van der Waals surface area contributed by atoms with E-state index in [1.165, 1.54) is 18.5 Å². The number of nitrogens with one attached hydrogen (secondary N) is 1. The zero-order valence-electron chi connectivity index (χ0n) is 19.4. The fourth-order valence-electron chi connectivity index (χ4n) is 2.78. The van der Waals surface area contributed by atoms with Gasteiger partial charge in [-0.15, -0.1) is 0 Å². The molecule has 0 saturated carbocycles. The number of para-hydroxylation sites is 1. The van der Waals surface area contributed by atoms with Crippen LogP contribution in [-0.2, 0) is 46.8 Å². The van der Waals surface area contributed by atoms with Gasteiger partial charge >= 0.3 is 16.8 Å². The number of hydrazone groups is 1. The number of carbonyl (C=O) groups is 1. The van der Waals surface area contributed by atoms with Gasteiger partial charge < -0.3 is 30.4 Å². The van der Waals surface area contributed by atoms with Crippen LogP contribution in [0, 0.1) is 0 Å². The van der Waals surface area contributed by atoms with Gasteiger partial charge in [0.05, 0.1) is 6.21 Å². The summed E-state index contributed by atoms with van der Waals surface area (Å²) in [7, 11) is 0. The molecule has 4 rings (SSSR count). The second kappa shape index (κ2) is 16.0. The summed E-state index contributed by atoms with van der Waals surface area (Å²) in [6.45, 7) is 0. The Morgan fingerprint density at radius 1 is 0.784 bits per heavy atom. The topological polar surface area (TPSA) is 86.4 Å². The minimum atomic E-state index is -0.0502. The SMILES string of the molecule is O=C1C=CC=C/C1=C/N/N=C(\[S-])c1ccccc1.Oc1ccccc1/C=N\N=C(/[S-])c1ccccc1.[Co+2]. The van der Waals surface area contributed by atoms with Crippen LogP contribution in [0.4, 0.5) is 0 Å². The Morgan fingerprint density at radius 2 is 1.35 bits per heavy atom. The Morgan fingerprint density at radius 3 is 1.97 bits per heavy atom. The summed E-state index contributed by atoms with van der Waals surface area (Å²) in [6, 6.07) is 25.8. The van der Waals surface area contributed by atoms with Crippen molar-refractivity contribution in [2.24, 2.45) is 15.3 Å². The van der Waals surface area contributed by atoms with Gasteiger partial charge in [0, 0.05) is 17.3 Å². The van der Waals surface area contributed by atoms with Gasteiger partial charge in [0.25, 0.3) is 0 Å². The average Bonchev–Trinajstić information content (AvgIpc) is 2.92. The van der Waals surface area contributed by atoms with E-state index < -0.39 is 0 Å². The molecule has 3 aromatic rings. The Bertz CT molecular complexity index is 1350. The molecular formula is C28H22CoN4O2S2. The maximum absolute atomic E-state index is 11.4. The van der Waals surface area contributed by atoms with E-state index in [2.05, 4.69) is 20.7 Å². The van der Waals surface area contributed by atoms with Crippen LogP contribution in [0.2, 0.25) is 0 Å². The normalized spacial score (nSPS) is 14.2. The molecule has 0 amide bonds. The molecule has 0 spiro atoms. The average molecular weight is 570 g/mol. The fourth-order valence-corrected chi connectivity index (χ4v) is 3.16. The van der Waals surface area contributed by atoms with Crippen molar-refractivity contribution in [3.8, 4) is 5.75 Å². The number of nitrogens with zero attached hydrogens (tertiary/aromatic N) is 3. The Kier molecular flexibility index (Phi) is 12.7. The van der Waals surface area contributed by atoms with Gasteiger partial charge in [-0.05, 0) is 35.4 Å². The maximum Gasteiger partial charge on any atom is 2.00 e. The van der Waals surface area contributed by atoms with Crippen molar-refractivity contribution < 1.29 is 26.7 Å². The van der Waals surface area contributed by atoms with Gasteiger partial charge in [-0.3, -0.25) is 10.2 Å². The largest absolute Gasteiger partial charge is 2.00 e. The number of aromatic hydroxyl groups is 1. The van der Waals surface area contributed by atoms with Gasteiger partial charge in [0.2, 0.25) is 0 Å². The molecule has 1 aliphatic carbocycles. The van der Waals surface area contributed by atoms with E-state index in [-0.39, 0.29) is 28.3 Å². The summed E-state index contributed by atoms with van der Waals surface area (Å²) in [4.78, 5) is 11.4. The molecule has 0 aromatic heterocycles. The van der Waals surface area contributed by atoms with E-state index in [0.717, 1.165) is 11.1 Å². The first-order valence-corrected chi connectivity index (χ1v) is 11.6. The Labute approximate surface area is 237 Å². The molecule has 1 radical (unpaired) electrons. The molecule has 3 aromatic carbocycles. The van der Waals surface area contributed by atoms with Crippen molar-refractivity contribution in [3.05, 3.63) is 138 Å². The predicted molar refractivity (Wildman–Crippen MR) is 151 cm³/mol. The minimum Gasteiger partial charge on any atom is -0.758 e. The van der Waals surface area contributed by atoms with Crippen molar-refractivity contribution in [2.45, 2.75) is 0 Å². The van der Waals surface area contributed by atoms with Gasteiger partial charge in [0.15, 0.2) is 5.78 Å². The molecule has 37 heavy (non-hydrogen) atoms. The number of phenolic OH excluding ortho intramolecular Hbond substituents is 1. The smallest absolute Gasteiger partial charge is 0.758 e. The second-order valence-electron chi connectivity index (χ2n) is 7.17. The minimum absolute atomic E-state index is 0. The molecule has 6 nitrogen and oxygen atoms in total. The zero-order valence-corrected chi connectivity index (χ0v) is 22.1. The van der Waals surface area contributed by atoms with Crippen LogP contribution in [0.3, 0.4) is 0 Å². The number of benzene rings is 3. The van der Waals surface area contributed by atoms with Gasteiger partial charge in [-0.25, -0.2) is 5.10 Å². The standard InChI is InChI=1S/2C14H12N2OS.Co/c2*17-13-9-5-4-8-12(13)10-15-16-14(18)11-6-2-1-3-7-11;/h1-10,17H,(H,16,18);1-10,15H,(H,16,18);/q;;+2/p-2/b15-10-;12-10-;. The molecule has 9 heteroatoms. The molecule has 0 fully saturated rings. The van der Waals surface area contributed by atoms with Crippen LogP contribution in [0.15, 0.2) is 136 Å².